The molecule has 0 radical (unpaired) electrons. The van der Waals surface area contributed by atoms with Crippen LogP contribution in [0.25, 0.3) is 0 Å². The van der Waals surface area contributed by atoms with Crippen LogP contribution < -0.4 is 10.2 Å². The van der Waals surface area contributed by atoms with Crippen LogP contribution in [0.2, 0.25) is 0 Å². The van der Waals surface area contributed by atoms with Gasteiger partial charge in [-0.1, -0.05) is 50.7 Å². The highest BCUT2D eigenvalue weighted by Gasteiger charge is 2.27. The second-order valence-electron chi connectivity index (χ2n) is 7.56. The third-order valence-electron chi connectivity index (χ3n) is 5.74. The molecule has 2 aliphatic rings. The van der Waals surface area contributed by atoms with E-state index in [1.165, 1.54) is 25.7 Å². The van der Waals surface area contributed by atoms with Crippen molar-refractivity contribution in [2.75, 3.05) is 11.9 Å². The van der Waals surface area contributed by atoms with Crippen molar-refractivity contribution in [2.45, 2.75) is 70.3 Å². The van der Waals surface area contributed by atoms with E-state index in [9.17, 15) is 9.59 Å². The van der Waals surface area contributed by atoms with Crippen LogP contribution in [0.5, 0.6) is 0 Å². The number of anilines is 1. The summed E-state index contributed by atoms with van der Waals surface area (Å²) >= 11 is 0. The Labute approximate surface area is 151 Å². The lowest BCUT2D eigenvalue weighted by molar-refractivity contribution is -0.123. The van der Waals surface area contributed by atoms with Gasteiger partial charge in [-0.2, -0.15) is 0 Å². The fourth-order valence-electron chi connectivity index (χ4n) is 4.21. The van der Waals surface area contributed by atoms with Gasteiger partial charge >= 0.3 is 0 Å². The Bertz CT molecular complexity index is 602. The van der Waals surface area contributed by atoms with Crippen LogP contribution in [-0.2, 0) is 4.79 Å². The highest BCUT2D eigenvalue weighted by Crippen LogP contribution is 2.28. The first-order valence-electron chi connectivity index (χ1n) is 9.84. The topological polar surface area (TPSA) is 49.4 Å². The highest BCUT2D eigenvalue weighted by molar-refractivity contribution is 6.05. The monoisotopic (exact) mass is 342 g/mol. The van der Waals surface area contributed by atoms with Crippen molar-refractivity contribution in [1.82, 2.24) is 5.32 Å². The molecule has 0 bridgehead atoms. The molecular weight excluding hydrogens is 312 g/mol. The predicted molar refractivity (Wildman–Crippen MR) is 101 cm³/mol. The summed E-state index contributed by atoms with van der Waals surface area (Å²) in [5.74, 6) is 0.205. The number of rotatable bonds is 4. The fourth-order valence-corrected chi connectivity index (χ4v) is 4.21. The van der Waals surface area contributed by atoms with E-state index in [0.717, 1.165) is 44.2 Å². The Morgan fingerprint density at radius 2 is 1.52 bits per heavy atom. The lowest BCUT2D eigenvalue weighted by Crippen LogP contribution is -2.38. The van der Waals surface area contributed by atoms with Crippen LogP contribution in [0.4, 0.5) is 5.69 Å². The van der Waals surface area contributed by atoms with Crippen LogP contribution in [0.15, 0.2) is 24.3 Å². The van der Waals surface area contributed by atoms with E-state index in [1.54, 1.807) is 4.90 Å². The van der Waals surface area contributed by atoms with E-state index in [2.05, 4.69) is 5.32 Å². The molecule has 25 heavy (non-hydrogen) atoms. The van der Waals surface area contributed by atoms with Crippen molar-refractivity contribution in [3.63, 3.8) is 0 Å². The highest BCUT2D eigenvalue weighted by atomic mass is 16.2. The zero-order valence-electron chi connectivity index (χ0n) is 15.3. The summed E-state index contributed by atoms with van der Waals surface area (Å²) in [5.41, 5.74) is 1.34. The first kappa shape index (κ1) is 18.0. The third kappa shape index (κ3) is 4.42. The van der Waals surface area contributed by atoms with Crippen molar-refractivity contribution in [3.05, 3.63) is 29.8 Å². The number of para-hydroxylation sites is 1. The molecule has 2 aliphatic carbocycles. The van der Waals surface area contributed by atoms with Crippen LogP contribution in [0, 0.1) is 5.92 Å². The van der Waals surface area contributed by atoms with Gasteiger partial charge in [-0.05, 0) is 37.8 Å². The molecule has 2 amide bonds. The number of hydrogen-bond donors (Lipinski definition) is 1. The van der Waals surface area contributed by atoms with Crippen molar-refractivity contribution in [2.24, 2.45) is 5.92 Å². The molecular formula is C21H30N2O2. The van der Waals surface area contributed by atoms with Crippen LogP contribution >= 0.6 is 0 Å². The van der Waals surface area contributed by atoms with Gasteiger partial charge in [0.2, 0.25) is 5.91 Å². The molecule has 136 valence electrons. The number of carbonyl (C=O) groups is 2. The average molecular weight is 342 g/mol. The maximum absolute atomic E-state index is 12.9. The number of hydrogen-bond acceptors (Lipinski definition) is 2. The molecule has 4 nitrogen and oxygen atoms in total. The number of benzene rings is 1. The average Bonchev–Trinajstić information content (AvgIpc) is 2.68. The van der Waals surface area contributed by atoms with Gasteiger partial charge in [0.15, 0.2) is 0 Å². The van der Waals surface area contributed by atoms with Gasteiger partial charge in [-0.25, -0.2) is 0 Å². The van der Waals surface area contributed by atoms with Gasteiger partial charge in [0.25, 0.3) is 5.91 Å². The Hall–Kier alpha value is -1.84. The third-order valence-corrected chi connectivity index (χ3v) is 5.74. The van der Waals surface area contributed by atoms with E-state index in [0.29, 0.717) is 5.56 Å². The van der Waals surface area contributed by atoms with E-state index in [1.807, 2.05) is 31.3 Å². The second-order valence-corrected chi connectivity index (χ2v) is 7.56. The minimum atomic E-state index is -0.0502. The van der Waals surface area contributed by atoms with Crippen molar-refractivity contribution in [1.29, 1.82) is 0 Å². The summed E-state index contributed by atoms with van der Waals surface area (Å²) in [6.07, 6.45) is 11.2. The van der Waals surface area contributed by atoms with Gasteiger partial charge in [-0.15, -0.1) is 0 Å². The Morgan fingerprint density at radius 3 is 2.20 bits per heavy atom. The molecule has 3 rings (SSSR count). The first-order valence-corrected chi connectivity index (χ1v) is 9.84. The van der Waals surface area contributed by atoms with E-state index in [4.69, 9.17) is 0 Å². The summed E-state index contributed by atoms with van der Waals surface area (Å²) < 4.78 is 0. The van der Waals surface area contributed by atoms with Crippen molar-refractivity contribution in [3.8, 4) is 0 Å². The molecule has 2 saturated carbocycles. The second kappa shape index (κ2) is 8.50. The van der Waals surface area contributed by atoms with Gasteiger partial charge in [-0.3, -0.25) is 9.59 Å². The molecule has 0 unspecified atom stereocenters. The molecule has 0 heterocycles. The molecule has 0 aromatic heterocycles. The number of nitrogens with one attached hydrogen (secondary N) is 1. The smallest absolute Gasteiger partial charge is 0.253 e. The zero-order valence-corrected chi connectivity index (χ0v) is 15.3. The van der Waals surface area contributed by atoms with E-state index in [-0.39, 0.29) is 23.8 Å². The van der Waals surface area contributed by atoms with E-state index >= 15 is 0 Å². The minimum Gasteiger partial charge on any atom is -0.349 e. The Kier molecular flexibility index (Phi) is 6.11. The Balaban J connectivity index is 1.72. The largest absolute Gasteiger partial charge is 0.349 e. The quantitative estimate of drug-likeness (QED) is 0.887. The lowest BCUT2D eigenvalue weighted by atomic mass is 9.88. The van der Waals surface area contributed by atoms with E-state index < -0.39 is 0 Å². The molecule has 0 atom stereocenters. The normalized spacial score (nSPS) is 19.4. The standard InChI is InChI=1S/C21H30N2O2/c1-23(21(25)16-10-4-2-5-11-16)19-15-9-8-14-18(19)20(24)22-17-12-6-3-7-13-17/h8-9,14-17H,2-7,10-13H2,1H3,(H,22,24). The minimum absolute atomic E-state index is 0.0502. The summed E-state index contributed by atoms with van der Waals surface area (Å²) in [6.45, 7) is 0. The first-order chi connectivity index (χ1) is 12.2. The zero-order chi connectivity index (χ0) is 17.6. The SMILES string of the molecule is CN(C(=O)C1CCCCC1)c1ccccc1C(=O)NC1CCCCC1. The lowest BCUT2D eigenvalue weighted by Gasteiger charge is -2.28. The summed E-state index contributed by atoms with van der Waals surface area (Å²) in [6, 6.07) is 7.76. The summed E-state index contributed by atoms with van der Waals surface area (Å²) in [5, 5.41) is 3.17. The molecule has 1 N–H and O–H groups in total. The van der Waals surface area contributed by atoms with Gasteiger partial charge in [0.05, 0.1) is 11.3 Å². The number of nitrogens with zero attached hydrogens (tertiary/aromatic N) is 1. The summed E-state index contributed by atoms with van der Waals surface area (Å²) in [7, 11) is 1.81. The van der Waals surface area contributed by atoms with Gasteiger partial charge < -0.3 is 10.2 Å². The van der Waals surface area contributed by atoms with Crippen LogP contribution in [0.3, 0.4) is 0 Å². The number of carbonyl (C=O) groups excluding carboxylic acids is 2. The number of amides is 2. The van der Waals surface area contributed by atoms with Gasteiger partial charge in [0, 0.05) is 19.0 Å². The van der Waals surface area contributed by atoms with Crippen molar-refractivity contribution >= 4 is 17.5 Å². The molecule has 2 fully saturated rings. The fraction of sp³-hybridized carbons (Fsp3) is 0.619. The molecule has 4 heteroatoms. The maximum Gasteiger partial charge on any atom is 0.253 e. The predicted octanol–water partition coefficient (Wildman–Crippen LogP) is 4.29. The molecule has 1 aromatic carbocycles. The molecule has 0 aliphatic heterocycles. The Morgan fingerprint density at radius 1 is 0.920 bits per heavy atom. The summed E-state index contributed by atoms with van der Waals surface area (Å²) in [4.78, 5) is 27.3. The molecule has 0 saturated heterocycles. The van der Waals surface area contributed by atoms with Crippen molar-refractivity contribution < 1.29 is 9.59 Å². The van der Waals surface area contributed by atoms with Crippen LogP contribution in [-0.4, -0.2) is 24.9 Å². The van der Waals surface area contributed by atoms with Crippen LogP contribution in [0.1, 0.15) is 74.6 Å². The van der Waals surface area contributed by atoms with Gasteiger partial charge in [0.1, 0.15) is 0 Å². The maximum atomic E-state index is 12.9. The molecule has 1 aromatic rings. The molecule has 0 spiro atoms.